The van der Waals surface area contributed by atoms with Gasteiger partial charge in [0.2, 0.25) is 11.8 Å². The third kappa shape index (κ3) is 6.07. The van der Waals surface area contributed by atoms with Gasteiger partial charge < -0.3 is 20.1 Å². The van der Waals surface area contributed by atoms with Gasteiger partial charge >= 0.3 is 0 Å². The summed E-state index contributed by atoms with van der Waals surface area (Å²) < 4.78 is 1.48. The summed E-state index contributed by atoms with van der Waals surface area (Å²) in [6, 6.07) is 11.2. The molecule has 0 saturated carbocycles. The van der Waals surface area contributed by atoms with Crippen LogP contribution in [0.25, 0.3) is 28.0 Å². The molecule has 8 nitrogen and oxygen atoms in total. The van der Waals surface area contributed by atoms with E-state index in [0.29, 0.717) is 46.2 Å². The van der Waals surface area contributed by atoms with Crippen molar-refractivity contribution in [1.29, 1.82) is 0 Å². The van der Waals surface area contributed by atoms with Crippen LogP contribution in [0.3, 0.4) is 0 Å². The van der Waals surface area contributed by atoms with Crippen LogP contribution < -0.4 is 11.3 Å². The van der Waals surface area contributed by atoms with Crippen LogP contribution in [0.2, 0.25) is 5.02 Å². The first-order valence-corrected chi connectivity index (χ1v) is 14.7. The normalized spacial score (nSPS) is 14.9. The molecule has 9 heteroatoms. The Morgan fingerprint density at radius 3 is 2.46 bits per heavy atom. The van der Waals surface area contributed by atoms with E-state index in [4.69, 9.17) is 17.3 Å². The summed E-state index contributed by atoms with van der Waals surface area (Å²) in [6.07, 6.45) is 7.53. The fourth-order valence-corrected chi connectivity index (χ4v) is 5.89. The summed E-state index contributed by atoms with van der Waals surface area (Å²) in [5, 5.41) is 1.78. The van der Waals surface area contributed by atoms with Crippen molar-refractivity contribution in [1.82, 2.24) is 14.4 Å². The van der Waals surface area contributed by atoms with Gasteiger partial charge in [-0.2, -0.15) is 0 Å². The number of carbonyl (C=O) groups is 2. The Morgan fingerprint density at radius 1 is 1.02 bits per heavy atom. The lowest BCUT2D eigenvalue weighted by atomic mass is 9.98. The maximum Gasteiger partial charge on any atom is 0.258 e. The Morgan fingerprint density at radius 2 is 1.76 bits per heavy atom. The summed E-state index contributed by atoms with van der Waals surface area (Å²) in [5.74, 6) is 0.288. The number of aliphatic imine (C=N–C) groups is 1. The Hall–Kier alpha value is -3.91. The van der Waals surface area contributed by atoms with Crippen molar-refractivity contribution >= 4 is 51.8 Å². The maximum atomic E-state index is 13.3. The molecule has 2 aliphatic rings. The zero-order chi connectivity index (χ0) is 29.1. The van der Waals surface area contributed by atoms with Gasteiger partial charge in [-0.05, 0) is 78.6 Å². The molecule has 0 unspecified atom stereocenters. The Kier molecular flexibility index (Phi) is 8.59. The van der Waals surface area contributed by atoms with Crippen LogP contribution in [0.4, 0.5) is 5.69 Å². The number of amidine groups is 1. The molecule has 1 saturated heterocycles. The van der Waals surface area contributed by atoms with Crippen LogP contribution in [-0.2, 0) is 16.1 Å². The van der Waals surface area contributed by atoms with Crippen LogP contribution in [0, 0.1) is 0 Å². The van der Waals surface area contributed by atoms with Gasteiger partial charge in [0.25, 0.3) is 5.56 Å². The molecular formula is C32H36ClN5O3. The minimum atomic E-state index is -0.193. The van der Waals surface area contributed by atoms with Crippen molar-refractivity contribution in [2.45, 2.75) is 52.5 Å². The first kappa shape index (κ1) is 28.6. The summed E-state index contributed by atoms with van der Waals surface area (Å²) in [7, 11) is 0. The average Bonchev–Trinajstić information content (AvgIpc) is 3.44. The van der Waals surface area contributed by atoms with Crippen molar-refractivity contribution in [2.75, 3.05) is 26.2 Å². The van der Waals surface area contributed by atoms with E-state index in [2.05, 4.69) is 18.8 Å². The number of benzene rings is 2. The van der Waals surface area contributed by atoms with Gasteiger partial charge in [-0.15, -0.1) is 0 Å². The molecule has 5 rings (SSSR count). The number of nitrogens with two attached hydrogens (primary N) is 1. The van der Waals surface area contributed by atoms with Crippen molar-refractivity contribution < 1.29 is 9.59 Å². The Bertz CT molecular complexity index is 1610. The maximum absolute atomic E-state index is 13.3. The van der Waals surface area contributed by atoms with Crippen LogP contribution >= 0.6 is 11.6 Å². The first-order chi connectivity index (χ1) is 19.8. The number of carbonyl (C=O) groups excluding carboxylic acids is 2. The van der Waals surface area contributed by atoms with Gasteiger partial charge in [0.1, 0.15) is 12.4 Å². The number of amides is 2. The molecule has 0 atom stereocenters. The number of pyridine rings is 1. The molecule has 2 N–H and O–H groups in total. The van der Waals surface area contributed by atoms with E-state index in [1.807, 2.05) is 46.2 Å². The van der Waals surface area contributed by atoms with Crippen molar-refractivity contribution in [3.05, 3.63) is 69.1 Å². The second-order valence-electron chi connectivity index (χ2n) is 10.8. The SMILES string of the molecule is CCCN(CCC)C(=O)C1=Cc2c(Cl)cc(-c3ccc4c(=O)n(CC(=O)N5CCCC5)ccc4c3)cc2N=C(N)C1. The summed E-state index contributed by atoms with van der Waals surface area (Å²) >= 11 is 6.79. The highest BCUT2D eigenvalue weighted by Gasteiger charge is 2.23. The predicted molar refractivity (Wildman–Crippen MR) is 166 cm³/mol. The van der Waals surface area contributed by atoms with Crippen LogP contribution in [0.1, 0.15) is 51.5 Å². The zero-order valence-corrected chi connectivity index (χ0v) is 24.4. The van der Waals surface area contributed by atoms with E-state index in [9.17, 15) is 14.4 Å². The molecule has 214 valence electrons. The number of fused-ring (bicyclic) bond motifs is 2. The fraction of sp³-hybridized carbons (Fsp3) is 0.375. The van der Waals surface area contributed by atoms with Gasteiger partial charge in [0.05, 0.1) is 10.7 Å². The number of hydrogen-bond donors (Lipinski definition) is 1. The number of aromatic nitrogens is 1. The molecule has 3 heterocycles. The van der Waals surface area contributed by atoms with E-state index in [0.717, 1.165) is 55.3 Å². The molecule has 2 aliphatic heterocycles. The lowest BCUT2D eigenvalue weighted by molar-refractivity contribution is -0.130. The number of hydrogen-bond acceptors (Lipinski definition) is 5. The second-order valence-corrected chi connectivity index (χ2v) is 11.2. The second kappa shape index (κ2) is 12.3. The molecule has 1 aromatic heterocycles. The van der Waals surface area contributed by atoms with Gasteiger partial charge in [-0.3, -0.25) is 14.4 Å². The van der Waals surface area contributed by atoms with Gasteiger partial charge in [-0.25, -0.2) is 4.99 Å². The topological polar surface area (TPSA) is 101 Å². The standard InChI is InChI=1S/C32H36ClN5O3/c1-3-10-37(11-4-2)31(40)24-16-26-27(33)17-23(18-28(26)35-29(34)19-24)21-7-8-25-22(15-21)9-14-38(32(25)41)20-30(39)36-12-5-6-13-36/h7-9,14-18H,3-6,10-13,19-20H2,1-2H3,(H2,34,35). The molecule has 3 aromatic rings. The Balaban J connectivity index is 1.46. The van der Waals surface area contributed by atoms with Gasteiger partial charge in [0.15, 0.2) is 0 Å². The highest BCUT2D eigenvalue weighted by Crippen LogP contribution is 2.38. The van der Waals surface area contributed by atoms with E-state index in [1.54, 1.807) is 12.3 Å². The largest absolute Gasteiger partial charge is 0.387 e. The minimum Gasteiger partial charge on any atom is -0.387 e. The molecule has 2 amide bonds. The number of likely N-dealkylation sites (tertiary alicyclic amines) is 1. The smallest absolute Gasteiger partial charge is 0.258 e. The molecule has 0 spiro atoms. The van der Waals surface area contributed by atoms with E-state index < -0.39 is 0 Å². The van der Waals surface area contributed by atoms with Crippen molar-refractivity contribution in [2.24, 2.45) is 10.7 Å². The molecular weight excluding hydrogens is 538 g/mol. The number of halogens is 1. The van der Waals surface area contributed by atoms with Crippen LogP contribution in [0.15, 0.2) is 58.0 Å². The third-order valence-electron chi connectivity index (χ3n) is 7.69. The highest BCUT2D eigenvalue weighted by molar-refractivity contribution is 6.33. The molecule has 0 aliphatic carbocycles. The first-order valence-electron chi connectivity index (χ1n) is 14.4. The van der Waals surface area contributed by atoms with Gasteiger partial charge in [0, 0.05) is 55.3 Å². The lowest BCUT2D eigenvalue weighted by Gasteiger charge is -2.22. The highest BCUT2D eigenvalue weighted by atomic mass is 35.5. The molecule has 2 aromatic carbocycles. The predicted octanol–water partition coefficient (Wildman–Crippen LogP) is 5.37. The van der Waals surface area contributed by atoms with Crippen LogP contribution in [-0.4, -0.2) is 58.2 Å². The van der Waals surface area contributed by atoms with Crippen molar-refractivity contribution in [3.63, 3.8) is 0 Å². The van der Waals surface area contributed by atoms with E-state index in [1.165, 1.54) is 4.57 Å². The monoisotopic (exact) mass is 573 g/mol. The Labute approximate surface area is 245 Å². The van der Waals surface area contributed by atoms with Gasteiger partial charge in [-0.1, -0.05) is 31.5 Å². The zero-order valence-electron chi connectivity index (χ0n) is 23.7. The van der Waals surface area contributed by atoms with Crippen LogP contribution in [0.5, 0.6) is 0 Å². The molecule has 0 bridgehead atoms. The molecule has 41 heavy (non-hydrogen) atoms. The summed E-state index contributed by atoms with van der Waals surface area (Å²) in [4.78, 5) is 47.4. The number of nitrogens with zero attached hydrogens (tertiary/aromatic N) is 4. The molecule has 1 fully saturated rings. The summed E-state index contributed by atoms with van der Waals surface area (Å²) in [5.41, 5.74) is 9.61. The third-order valence-corrected chi connectivity index (χ3v) is 8.00. The fourth-order valence-electron chi connectivity index (χ4n) is 5.62. The number of rotatable bonds is 8. The quantitative estimate of drug-likeness (QED) is 0.391. The minimum absolute atomic E-state index is 0.0256. The van der Waals surface area contributed by atoms with E-state index >= 15 is 0 Å². The summed E-state index contributed by atoms with van der Waals surface area (Å²) in [6.45, 7) is 7.04. The van der Waals surface area contributed by atoms with Crippen molar-refractivity contribution in [3.8, 4) is 11.1 Å². The lowest BCUT2D eigenvalue weighted by Crippen LogP contribution is -2.34. The molecule has 0 radical (unpaired) electrons. The average molecular weight is 574 g/mol. The van der Waals surface area contributed by atoms with E-state index in [-0.39, 0.29) is 30.3 Å².